The van der Waals surface area contributed by atoms with Gasteiger partial charge in [-0.05, 0) is 48.9 Å². The molecule has 0 aliphatic rings. The number of pyridine rings is 1. The molecule has 0 N–H and O–H groups in total. The summed E-state index contributed by atoms with van der Waals surface area (Å²) in [5, 5.41) is 1.51. The van der Waals surface area contributed by atoms with E-state index in [0.29, 0.717) is 38.2 Å². The molecule has 0 saturated carbocycles. The molecular weight excluding hydrogens is 444 g/mol. The molecular formula is C24H17ClN4O2S. The Morgan fingerprint density at radius 2 is 1.78 bits per heavy atom. The van der Waals surface area contributed by atoms with Crippen LogP contribution < -0.4 is 11.1 Å². The Morgan fingerprint density at radius 3 is 2.62 bits per heavy atom. The number of benzene rings is 2. The summed E-state index contributed by atoms with van der Waals surface area (Å²) in [6, 6.07) is 19.7. The van der Waals surface area contributed by atoms with Gasteiger partial charge >= 0.3 is 0 Å². The number of thioether (sulfide) groups is 1. The summed E-state index contributed by atoms with van der Waals surface area (Å²) in [6.45, 7) is 1.95. The normalized spacial score (nSPS) is 11.3. The molecule has 0 spiro atoms. The largest absolute Gasteiger partial charge is 0.269 e. The van der Waals surface area contributed by atoms with Crippen molar-refractivity contribution in [2.24, 2.45) is 0 Å². The van der Waals surface area contributed by atoms with E-state index in [1.54, 1.807) is 41.1 Å². The Bertz CT molecular complexity index is 1610. The summed E-state index contributed by atoms with van der Waals surface area (Å²) < 4.78 is 3.11. The molecule has 0 amide bonds. The highest BCUT2D eigenvalue weighted by Crippen LogP contribution is 2.26. The maximum atomic E-state index is 13.5. The molecule has 0 aliphatic heterocycles. The molecule has 2 aromatic carbocycles. The van der Waals surface area contributed by atoms with Crippen LogP contribution in [0.25, 0.3) is 22.2 Å². The van der Waals surface area contributed by atoms with E-state index in [4.69, 9.17) is 16.6 Å². The lowest BCUT2D eigenvalue weighted by molar-refractivity contribution is 0.814. The lowest BCUT2D eigenvalue weighted by Gasteiger charge is -2.15. The molecule has 3 aromatic heterocycles. The fraction of sp³-hybridized carbons (Fsp3) is 0.0833. The van der Waals surface area contributed by atoms with E-state index in [0.717, 1.165) is 11.3 Å². The van der Waals surface area contributed by atoms with Crippen LogP contribution in [0, 0.1) is 6.92 Å². The fourth-order valence-electron chi connectivity index (χ4n) is 3.58. The Kier molecular flexibility index (Phi) is 5.28. The first-order valence-electron chi connectivity index (χ1n) is 9.90. The van der Waals surface area contributed by atoms with Crippen LogP contribution in [0.2, 0.25) is 5.02 Å². The van der Waals surface area contributed by atoms with Crippen molar-refractivity contribution in [1.29, 1.82) is 0 Å². The summed E-state index contributed by atoms with van der Waals surface area (Å²) in [6.07, 6.45) is 1.69. The van der Waals surface area contributed by atoms with Crippen molar-refractivity contribution in [3.05, 3.63) is 110 Å². The lowest BCUT2D eigenvalue weighted by Crippen LogP contribution is -2.22. The molecule has 5 aromatic rings. The number of hydrogen-bond acceptors (Lipinski definition) is 5. The van der Waals surface area contributed by atoms with Crippen LogP contribution in [0.15, 0.2) is 87.7 Å². The molecule has 3 heterocycles. The molecule has 6 nitrogen and oxygen atoms in total. The monoisotopic (exact) mass is 460 g/mol. The first-order chi connectivity index (χ1) is 15.5. The van der Waals surface area contributed by atoms with Crippen molar-refractivity contribution in [2.75, 3.05) is 0 Å². The van der Waals surface area contributed by atoms with Crippen LogP contribution in [0.1, 0.15) is 11.3 Å². The smallest absolute Gasteiger partial charge is 0.266 e. The average molecular weight is 461 g/mol. The van der Waals surface area contributed by atoms with Gasteiger partial charge in [-0.25, -0.2) is 9.97 Å². The van der Waals surface area contributed by atoms with Crippen molar-refractivity contribution in [3.63, 3.8) is 0 Å². The molecule has 0 atom stereocenters. The van der Waals surface area contributed by atoms with Crippen molar-refractivity contribution >= 4 is 39.9 Å². The second kappa shape index (κ2) is 8.26. The molecule has 0 bridgehead atoms. The highest BCUT2D eigenvalue weighted by Gasteiger charge is 2.16. The zero-order chi connectivity index (χ0) is 22.2. The number of rotatable bonds is 4. The van der Waals surface area contributed by atoms with Gasteiger partial charge in [0.1, 0.15) is 5.65 Å². The maximum absolute atomic E-state index is 13.5. The summed E-state index contributed by atoms with van der Waals surface area (Å²) in [5.41, 5.74) is 3.11. The molecule has 158 valence electrons. The number of halogens is 1. The van der Waals surface area contributed by atoms with Gasteiger partial charge in [-0.1, -0.05) is 47.6 Å². The molecule has 5 rings (SSSR count). The summed E-state index contributed by atoms with van der Waals surface area (Å²) in [4.78, 5) is 35.2. The Hall–Kier alpha value is -3.42. The van der Waals surface area contributed by atoms with Gasteiger partial charge in [0.25, 0.3) is 11.1 Å². The molecule has 8 heteroatoms. The fourth-order valence-corrected chi connectivity index (χ4v) is 4.64. The molecule has 0 fully saturated rings. The number of para-hydroxylation sites is 1. The number of fused-ring (bicyclic) bond motifs is 2. The third-order valence-corrected chi connectivity index (χ3v) is 6.34. The highest BCUT2D eigenvalue weighted by atomic mass is 35.5. The van der Waals surface area contributed by atoms with E-state index < -0.39 is 0 Å². The standard InChI is InChI=1S/C24H17ClN4O2S/c1-15-6-2-3-7-20(15)29-23(31)18-10-9-16(25)12-19(18)27-24(29)32-14-17-13-22(30)28-11-5-4-8-21(28)26-17/h2-13H,14H2,1H3. The van der Waals surface area contributed by atoms with Gasteiger partial charge in [-0.3, -0.25) is 18.6 Å². The molecule has 0 aliphatic carbocycles. The maximum Gasteiger partial charge on any atom is 0.266 e. The molecule has 0 saturated heterocycles. The second-order valence-corrected chi connectivity index (χ2v) is 8.67. The number of aromatic nitrogens is 4. The zero-order valence-electron chi connectivity index (χ0n) is 17.0. The van der Waals surface area contributed by atoms with Crippen LogP contribution in [0.3, 0.4) is 0 Å². The minimum atomic E-state index is -0.171. The third-order valence-electron chi connectivity index (χ3n) is 5.13. The zero-order valence-corrected chi connectivity index (χ0v) is 18.6. The topological polar surface area (TPSA) is 69.3 Å². The van der Waals surface area contributed by atoms with Crippen molar-refractivity contribution in [1.82, 2.24) is 18.9 Å². The first kappa shape index (κ1) is 20.5. The van der Waals surface area contributed by atoms with Crippen molar-refractivity contribution in [3.8, 4) is 5.69 Å². The number of aryl methyl sites for hydroxylation is 1. The van der Waals surface area contributed by atoms with Gasteiger partial charge in [0.15, 0.2) is 5.16 Å². The minimum absolute atomic E-state index is 0.152. The first-order valence-corrected chi connectivity index (χ1v) is 11.3. The van der Waals surface area contributed by atoms with E-state index in [1.165, 1.54) is 22.2 Å². The molecule has 0 unspecified atom stereocenters. The van der Waals surface area contributed by atoms with Crippen LogP contribution >= 0.6 is 23.4 Å². The Balaban J connectivity index is 1.64. The highest BCUT2D eigenvalue weighted by molar-refractivity contribution is 7.98. The van der Waals surface area contributed by atoms with Gasteiger partial charge in [0, 0.05) is 23.0 Å². The second-order valence-electron chi connectivity index (χ2n) is 7.29. The minimum Gasteiger partial charge on any atom is -0.269 e. The summed E-state index contributed by atoms with van der Waals surface area (Å²) in [5.74, 6) is 0.380. The van der Waals surface area contributed by atoms with E-state index in [1.807, 2.05) is 37.3 Å². The van der Waals surface area contributed by atoms with Crippen LogP contribution in [-0.4, -0.2) is 18.9 Å². The lowest BCUT2D eigenvalue weighted by atomic mass is 10.2. The molecule has 0 radical (unpaired) electrons. The SMILES string of the molecule is Cc1ccccc1-n1c(SCc2cc(=O)n3ccccc3n2)nc2cc(Cl)ccc2c1=O. The number of hydrogen-bond donors (Lipinski definition) is 0. The average Bonchev–Trinajstić information content (AvgIpc) is 2.78. The summed E-state index contributed by atoms with van der Waals surface area (Å²) >= 11 is 7.50. The summed E-state index contributed by atoms with van der Waals surface area (Å²) in [7, 11) is 0. The quantitative estimate of drug-likeness (QED) is 0.288. The Labute approximate surface area is 192 Å². The van der Waals surface area contributed by atoms with Crippen LogP contribution in [0.5, 0.6) is 0 Å². The van der Waals surface area contributed by atoms with Gasteiger partial charge in [-0.15, -0.1) is 0 Å². The van der Waals surface area contributed by atoms with Crippen molar-refractivity contribution < 1.29 is 0 Å². The van der Waals surface area contributed by atoms with E-state index in [-0.39, 0.29) is 11.1 Å². The third kappa shape index (κ3) is 3.70. The predicted molar refractivity (Wildman–Crippen MR) is 128 cm³/mol. The van der Waals surface area contributed by atoms with Gasteiger partial charge in [-0.2, -0.15) is 0 Å². The van der Waals surface area contributed by atoms with Gasteiger partial charge in [0.2, 0.25) is 0 Å². The van der Waals surface area contributed by atoms with Crippen LogP contribution in [-0.2, 0) is 5.75 Å². The van der Waals surface area contributed by atoms with Crippen LogP contribution in [0.4, 0.5) is 0 Å². The van der Waals surface area contributed by atoms with E-state index in [9.17, 15) is 9.59 Å². The van der Waals surface area contributed by atoms with Gasteiger partial charge < -0.3 is 0 Å². The Morgan fingerprint density at radius 1 is 0.969 bits per heavy atom. The predicted octanol–water partition coefficient (Wildman–Crippen LogP) is 4.65. The van der Waals surface area contributed by atoms with Gasteiger partial charge in [0.05, 0.1) is 22.3 Å². The molecule has 32 heavy (non-hydrogen) atoms. The van der Waals surface area contributed by atoms with E-state index >= 15 is 0 Å². The van der Waals surface area contributed by atoms with Crippen molar-refractivity contribution in [2.45, 2.75) is 17.8 Å². The van der Waals surface area contributed by atoms with E-state index in [2.05, 4.69) is 4.98 Å². The number of nitrogens with zero attached hydrogens (tertiary/aromatic N) is 4.